The molecule has 0 atom stereocenters. The van der Waals surface area contributed by atoms with Gasteiger partial charge in [-0.15, -0.1) is 0 Å². The number of rotatable bonds is 3. The Kier molecular flexibility index (Phi) is 5.45. The van der Waals surface area contributed by atoms with Crippen molar-refractivity contribution in [2.75, 3.05) is 0 Å². The summed E-state index contributed by atoms with van der Waals surface area (Å²) in [5.74, 6) is 0. The SMILES string of the molecule is c1ccc(-c2c3ccccc3c(-c3ccccc3)c3cc4c(cc23)-c2cc3ccc(-n5c6ccccc6c6ccccc65)cc3cc2-4)cc1. The van der Waals surface area contributed by atoms with Crippen molar-refractivity contribution < 1.29 is 0 Å². The number of aromatic nitrogens is 1. The number of hydrogen-bond donors (Lipinski definition) is 0. The van der Waals surface area contributed by atoms with E-state index in [0.717, 1.165) is 0 Å². The van der Waals surface area contributed by atoms with Gasteiger partial charge in [0.2, 0.25) is 0 Å². The van der Waals surface area contributed by atoms with Gasteiger partial charge < -0.3 is 4.57 Å². The Bertz CT molecular complexity index is 2910. The molecule has 11 rings (SSSR count). The number of nitrogens with zero attached hydrogens (tertiary/aromatic N) is 1. The largest absolute Gasteiger partial charge is 0.309 e. The molecular weight excluding hydrogens is 591 g/mol. The molecule has 1 heteroatoms. The van der Waals surface area contributed by atoms with E-state index in [9.17, 15) is 0 Å². The molecule has 0 spiro atoms. The minimum atomic E-state index is 1.19. The Morgan fingerprint density at radius 3 is 1.24 bits per heavy atom. The monoisotopic (exact) mass is 619 g/mol. The van der Waals surface area contributed by atoms with E-state index in [1.54, 1.807) is 0 Å². The summed E-state index contributed by atoms with van der Waals surface area (Å²) in [5.41, 5.74) is 14.1. The molecule has 0 aliphatic heterocycles. The molecule has 1 heterocycles. The molecule has 0 amide bonds. The average molecular weight is 620 g/mol. The quantitative estimate of drug-likeness (QED) is 0.173. The van der Waals surface area contributed by atoms with Crippen LogP contribution in [-0.4, -0.2) is 4.57 Å². The zero-order valence-corrected chi connectivity index (χ0v) is 26.7. The van der Waals surface area contributed by atoms with Crippen molar-refractivity contribution in [1.82, 2.24) is 4.57 Å². The summed E-state index contributed by atoms with van der Waals surface area (Å²) in [6, 6.07) is 64.9. The molecule has 1 aromatic heterocycles. The van der Waals surface area contributed by atoms with Gasteiger partial charge in [0.05, 0.1) is 11.0 Å². The molecule has 49 heavy (non-hydrogen) atoms. The minimum Gasteiger partial charge on any atom is -0.309 e. The highest BCUT2D eigenvalue weighted by molar-refractivity contribution is 6.25. The van der Waals surface area contributed by atoms with Gasteiger partial charge in [-0.3, -0.25) is 0 Å². The summed E-state index contributed by atoms with van der Waals surface area (Å²) < 4.78 is 2.41. The summed E-state index contributed by atoms with van der Waals surface area (Å²) in [5, 5.41) is 10.3. The van der Waals surface area contributed by atoms with Crippen molar-refractivity contribution in [2.24, 2.45) is 0 Å². The Balaban J connectivity index is 1.16. The van der Waals surface area contributed by atoms with Gasteiger partial charge in [0.25, 0.3) is 0 Å². The lowest BCUT2D eigenvalue weighted by molar-refractivity contribution is 1.19. The topological polar surface area (TPSA) is 4.93 Å². The molecule has 0 radical (unpaired) electrons. The van der Waals surface area contributed by atoms with Crippen molar-refractivity contribution in [3.63, 3.8) is 0 Å². The number of hydrogen-bond acceptors (Lipinski definition) is 0. The molecule has 0 bridgehead atoms. The third kappa shape index (κ3) is 3.76. The zero-order chi connectivity index (χ0) is 32.1. The van der Waals surface area contributed by atoms with E-state index in [4.69, 9.17) is 0 Å². The van der Waals surface area contributed by atoms with E-state index < -0.39 is 0 Å². The third-order valence-electron chi connectivity index (χ3n) is 10.7. The van der Waals surface area contributed by atoms with Gasteiger partial charge in [0, 0.05) is 16.5 Å². The molecule has 0 N–H and O–H groups in total. The van der Waals surface area contributed by atoms with Crippen LogP contribution in [0.4, 0.5) is 0 Å². The van der Waals surface area contributed by atoms with Crippen LogP contribution in [0, 0.1) is 0 Å². The van der Waals surface area contributed by atoms with Crippen LogP contribution in [0.5, 0.6) is 0 Å². The van der Waals surface area contributed by atoms with Gasteiger partial charge in [-0.2, -0.15) is 0 Å². The summed E-state index contributed by atoms with van der Waals surface area (Å²) in [4.78, 5) is 0. The van der Waals surface area contributed by atoms with Crippen LogP contribution in [0.3, 0.4) is 0 Å². The van der Waals surface area contributed by atoms with Gasteiger partial charge >= 0.3 is 0 Å². The van der Waals surface area contributed by atoms with Crippen molar-refractivity contribution >= 4 is 54.1 Å². The smallest absolute Gasteiger partial charge is 0.0541 e. The van der Waals surface area contributed by atoms with E-state index in [2.05, 4.69) is 180 Å². The minimum absolute atomic E-state index is 1.19. The highest BCUT2D eigenvalue weighted by Gasteiger charge is 2.27. The van der Waals surface area contributed by atoms with E-state index in [0.29, 0.717) is 0 Å². The Morgan fingerprint density at radius 1 is 0.286 bits per heavy atom. The van der Waals surface area contributed by atoms with Crippen molar-refractivity contribution in [1.29, 1.82) is 0 Å². The van der Waals surface area contributed by atoms with Crippen LogP contribution >= 0.6 is 0 Å². The van der Waals surface area contributed by atoms with Crippen LogP contribution in [0.15, 0.2) is 176 Å². The number of benzene rings is 9. The second-order valence-electron chi connectivity index (χ2n) is 13.3. The van der Waals surface area contributed by atoms with Crippen molar-refractivity contribution in [2.45, 2.75) is 0 Å². The van der Waals surface area contributed by atoms with Crippen LogP contribution in [0.1, 0.15) is 0 Å². The van der Waals surface area contributed by atoms with Crippen molar-refractivity contribution in [3.8, 4) is 50.2 Å². The zero-order valence-electron chi connectivity index (χ0n) is 26.7. The summed E-state index contributed by atoms with van der Waals surface area (Å²) >= 11 is 0. The lowest BCUT2D eigenvalue weighted by Crippen LogP contribution is -2.01. The number of fused-ring (bicyclic) bond motifs is 10. The van der Waals surface area contributed by atoms with Crippen LogP contribution in [0.2, 0.25) is 0 Å². The third-order valence-corrected chi connectivity index (χ3v) is 10.7. The fraction of sp³-hybridized carbons (Fsp3) is 0. The predicted molar refractivity (Wildman–Crippen MR) is 209 cm³/mol. The standard InChI is InChI=1S/C48H29N/c1-3-13-30(14-4-1)47-37-19-7-8-20-38(37)48(31-15-5-2-6-16-31)44-29-42-40-27-33-25-34(24-23-32(33)26-39(40)41(42)28-43(44)47)49-45-21-11-9-17-35(45)36-18-10-12-22-46(36)49/h1-29H. The maximum Gasteiger partial charge on any atom is 0.0541 e. The van der Waals surface area contributed by atoms with Crippen LogP contribution < -0.4 is 0 Å². The molecule has 1 aliphatic rings. The Morgan fingerprint density at radius 2 is 0.714 bits per heavy atom. The number of para-hydroxylation sites is 2. The van der Waals surface area contributed by atoms with Gasteiger partial charge in [0.1, 0.15) is 0 Å². The first-order valence-corrected chi connectivity index (χ1v) is 17.0. The summed E-state index contributed by atoms with van der Waals surface area (Å²) in [7, 11) is 0. The molecule has 0 saturated heterocycles. The summed E-state index contributed by atoms with van der Waals surface area (Å²) in [6.07, 6.45) is 0. The second-order valence-corrected chi connectivity index (χ2v) is 13.3. The van der Waals surface area contributed by atoms with Crippen LogP contribution in [-0.2, 0) is 0 Å². The molecule has 226 valence electrons. The normalized spacial score (nSPS) is 12.1. The summed E-state index contributed by atoms with van der Waals surface area (Å²) in [6.45, 7) is 0. The van der Waals surface area contributed by atoms with Crippen molar-refractivity contribution in [3.05, 3.63) is 176 Å². The molecule has 9 aromatic carbocycles. The average Bonchev–Trinajstić information content (AvgIpc) is 3.50. The maximum atomic E-state index is 2.47. The van der Waals surface area contributed by atoms with E-state index in [1.807, 2.05) is 0 Å². The molecule has 1 aliphatic carbocycles. The second kappa shape index (κ2) is 10.0. The molecule has 0 fully saturated rings. The van der Waals surface area contributed by atoms with Gasteiger partial charge in [-0.05, 0) is 125 Å². The molecule has 10 aromatic rings. The Labute approximate surface area is 283 Å². The predicted octanol–water partition coefficient (Wildman–Crippen LogP) is 13.2. The van der Waals surface area contributed by atoms with Gasteiger partial charge in [0.15, 0.2) is 0 Å². The Hall–Kier alpha value is -6.44. The van der Waals surface area contributed by atoms with E-state index >= 15 is 0 Å². The lowest BCUT2D eigenvalue weighted by atomic mass is 9.75. The van der Waals surface area contributed by atoms with Gasteiger partial charge in [-0.1, -0.05) is 127 Å². The molecule has 0 unspecified atom stereocenters. The lowest BCUT2D eigenvalue weighted by Gasteiger charge is -2.28. The van der Waals surface area contributed by atoms with Gasteiger partial charge in [-0.25, -0.2) is 0 Å². The first-order chi connectivity index (χ1) is 24.3. The first kappa shape index (κ1) is 26.6. The highest BCUT2D eigenvalue weighted by atomic mass is 15.0. The van der Waals surface area contributed by atoms with Crippen LogP contribution in [0.25, 0.3) is 104 Å². The van der Waals surface area contributed by atoms with E-state index in [1.165, 1.54) is 104 Å². The highest BCUT2D eigenvalue weighted by Crippen LogP contribution is 2.54. The maximum absolute atomic E-state index is 2.47. The fourth-order valence-corrected chi connectivity index (χ4v) is 8.51. The molecular formula is C48H29N. The first-order valence-electron chi connectivity index (χ1n) is 17.0. The van der Waals surface area contributed by atoms with E-state index in [-0.39, 0.29) is 0 Å². The fourth-order valence-electron chi connectivity index (χ4n) is 8.51. The molecule has 0 saturated carbocycles. The molecule has 1 nitrogen and oxygen atoms in total.